The molecule has 4 rings (SSSR count). The lowest BCUT2D eigenvalue weighted by molar-refractivity contribution is -0.137. The second-order valence-electron chi connectivity index (χ2n) is 7.82. The van der Waals surface area contributed by atoms with Gasteiger partial charge < -0.3 is 14.6 Å². The molecule has 0 bridgehead atoms. The quantitative estimate of drug-likeness (QED) is 0.287. The van der Waals surface area contributed by atoms with E-state index in [1.807, 2.05) is 0 Å². The Kier molecular flexibility index (Phi) is 7.70. The van der Waals surface area contributed by atoms with E-state index in [9.17, 15) is 26.4 Å². The molecule has 15 heteroatoms. The van der Waals surface area contributed by atoms with Gasteiger partial charge in [-0.15, -0.1) is 0 Å². The number of hydrogen-bond donors (Lipinski definition) is 2. The van der Waals surface area contributed by atoms with Crippen LogP contribution in [0.5, 0.6) is 5.75 Å². The van der Waals surface area contributed by atoms with E-state index in [-0.39, 0.29) is 44.1 Å². The Labute approximate surface area is 225 Å². The van der Waals surface area contributed by atoms with Crippen molar-refractivity contribution in [2.75, 3.05) is 23.8 Å². The number of ether oxygens (including phenoxy) is 1. The van der Waals surface area contributed by atoms with Crippen molar-refractivity contribution in [1.82, 2.24) is 15.5 Å². The molecular formula is C24H19ClF3N5O5S. The summed E-state index contributed by atoms with van der Waals surface area (Å²) < 4.78 is 77.5. The Balaban J connectivity index is 1.79. The van der Waals surface area contributed by atoms with Gasteiger partial charge in [-0.2, -0.15) is 13.2 Å². The number of benzene rings is 2. The van der Waals surface area contributed by atoms with Crippen LogP contribution in [0.1, 0.15) is 5.56 Å². The highest BCUT2D eigenvalue weighted by Gasteiger charge is 2.31. The summed E-state index contributed by atoms with van der Waals surface area (Å²) in [5.41, 5.74) is -0.473. The highest BCUT2D eigenvalue weighted by molar-refractivity contribution is 7.92. The molecule has 0 aliphatic rings. The molecule has 0 unspecified atom stereocenters. The number of halogens is 4. The van der Waals surface area contributed by atoms with Crippen molar-refractivity contribution >= 4 is 45.0 Å². The second-order valence-corrected chi connectivity index (χ2v) is 9.90. The minimum absolute atomic E-state index is 0.0228. The number of rotatable bonds is 7. The van der Waals surface area contributed by atoms with Crippen LogP contribution in [0.2, 0.25) is 5.02 Å². The second kappa shape index (κ2) is 10.8. The van der Waals surface area contributed by atoms with Gasteiger partial charge in [0.1, 0.15) is 22.7 Å². The van der Waals surface area contributed by atoms with Crippen molar-refractivity contribution in [1.29, 1.82) is 0 Å². The van der Waals surface area contributed by atoms with Gasteiger partial charge in [-0.05, 0) is 35.9 Å². The Morgan fingerprint density at radius 2 is 1.90 bits per heavy atom. The number of hydrogen-bond acceptors (Lipinski definition) is 7. The number of aromatic nitrogens is 2. The van der Waals surface area contributed by atoms with Gasteiger partial charge in [0.2, 0.25) is 0 Å². The fourth-order valence-corrected chi connectivity index (χ4v) is 4.74. The molecular weight excluding hydrogens is 563 g/mol. The fraction of sp³-hybridized carbons (Fsp3) is 0.125. The van der Waals surface area contributed by atoms with E-state index in [0.29, 0.717) is 0 Å². The van der Waals surface area contributed by atoms with Crippen molar-refractivity contribution in [3.05, 3.63) is 77.6 Å². The van der Waals surface area contributed by atoms with Crippen LogP contribution >= 0.6 is 11.6 Å². The number of carbonyl (C=O) groups is 1. The van der Waals surface area contributed by atoms with Gasteiger partial charge in [0.15, 0.2) is 5.82 Å². The number of nitrogens with one attached hydrogen (secondary N) is 2. The third-order valence-electron chi connectivity index (χ3n) is 5.36. The molecule has 0 radical (unpaired) electrons. The van der Waals surface area contributed by atoms with Crippen LogP contribution in [0.15, 0.2) is 76.5 Å². The molecule has 0 atom stereocenters. The molecule has 204 valence electrons. The van der Waals surface area contributed by atoms with Crippen molar-refractivity contribution in [3.8, 4) is 16.9 Å². The average Bonchev–Trinajstić information content (AvgIpc) is 3.41. The number of nitrogens with zero attached hydrogens (tertiary/aromatic N) is 3. The zero-order chi connectivity index (χ0) is 28.4. The van der Waals surface area contributed by atoms with Crippen LogP contribution in [-0.4, -0.2) is 38.7 Å². The molecule has 2 amide bonds. The summed E-state index contributed by atoms with van der Waals surface area (Å²) in [6, 6.07) is 10.3. The largest absolute Gasteiger partial charge is 0.494 e. The first-order valence-electron chi connectivity index (χ1n) is 10.9. The molecule has 10 nitrogen and oxygen atoms in total. The number of anilines is 3. The predicted molar refractivity (Wildman–Crippen MR) is 137 cm³/mol. The van der Waals surface area contributed by atoms with Crippen LogP contribution in [0.3, 0.4) is 0 Å². The van der Waals surface area contributed by atoms with Crippen LogP contribution in [-0.2, 0) is 16.2 Å². The molecule has 2 heterocycles. The normalized spacial score (nSPS) is 11.6. The van der Waals surface area contributed by atoms with Gasteiger partial charge >= 0.3 is 12.2 Å². The molecule has 0 aliphatic heterocycles. The van der Waals surface area contributed by atoms with E-state index in [0.717, 1.165) is 23.2 Å². The summed E-state index contributed by atoms with van der Waals surface area (Å²) >= 11 is 6.39. The summed E-state index contributed by atoms with van der Waals surface area (Å²) in [6.45, 7) is 0. The molecule has 0 fully saturated rings. The molecule has 2 aromatic carbocycles. The third kappa shape index (κ3) is 5.91. The monoisotopic (exact) mass is 581 g/mol. The van der Waals surface area contributed by atoms with Crippen LogP contribution in [0.25, 0.3) is 11.1 Å². The lowest BCUT2D eigenvalue weighted by Crippen LogP contribution is -2.35. The van der Waals surface area contributed by atoms with Crippen LogP contribution in [0.4, 0.5) is 35.3 Å². The summed E-state index contributed by atoms with van der Waals surface area (Å²) in [5, 5.41) is 6.01. The molecule has 2 N–H and O–H groups in total. The van der Waals surface area contributed by atoms with Gasteiger partial charge in [0, 0.05) is 30.9 Å². The average molecular weight is 582 g/mol. The third-order valence-corrected chi connectivity index (χ3v) is 7.02. The van der Waals surface area contributed by atoms with Crippen LogP contribution in [0, 0.1) is 0 Å². The predicted octanol–water partition coefficient (Wildman–Crippen LogP) is 5.70. The highest BCUT2D eigenvalue weighted by atomic mass is 35.5. The minimum Gasteiger partial charge on any atom is -0.494 e. The number of urea groups is 1. The molecule has 4 aromatic rings. The van der Waals surface area contributed by atoms with E-state index < -0.39 is 27.8 Å². The molecule has 0 saturated heterocycles. The van der Waals surface area contributed by atoms with E-state index in [1.54, 1.807) is 0 Å². The van der Waals surface area contributed by atoms with Crippen molar-refractivity contribution in [3.63, 3.8) is 0 Å². The van der Waals surface area contributed by atoms with E-state index in [4.69, 9.17) is 16.3 Å². The lowest BCUT2D eigenvalue weighted by Gasteiger charge is -2.25. The maximum absolute atomic E-state index is 13.3. The number of carbonyl (C=O) groups excluding carboxylic acids is 1. The van der Waals surface area contributed by atoms with Crippen molar-refractivity contribution in [2.24, 2.45) is 0 Å². The Morgan fingerprint density at radius 1 is 1.13 bits per heavy atom. The van der Waals surface area contributed by atoms with Crippen molar-refractivity contribution < 1.29 is 35.6 Å². The van der Waals surface area contributed by atoms with Crippen LogP contribution < -0.4 is 19.7 Å². The van der Waals surface area contributed by atoms with Gasteiger partial charge in [-0.3, -0.25) is 4.72 Å². The van der Waals surface area contributed by atoms with E-state index in [2.05, 4.69) is 24.7 Å². The summed E-state index contributed by atoms with van der Waals surface area (Å²) in [4.78, 5) is 17.9. The number of pyridine rings is 1. The highest BCUT2D eigenvalue weighted by Crippen LogP contribution is 2.42. The minimum atomic E-state index is -4.58. The zero-order valence-corrected chi connectivity index (χ0v) is 21.7. The summed E-state index contributed by atoms with van der Waals surface area (Å²) in [7, 11) is -1.41. The summed E-state index contributed by atoms with van der Waals surface area (Å²) in [5.74, 6) is 0.0370. The maximum Gasteiger partial charge on any atom is 0.416 e. The van der Waals surface area contributed by atoms with E-state index in [1.165, 1.54) is 62.9 Å². The molecule has 0 aliphatic carbocycles. The van der Waals surface area contributed by atoms with Gasteiger partial charge in [-0.1, -0.05) is 28.9 Å². The van der Waals surface area contributed by atoms with Gasteiger partial charge in [-0.25, -0.2) is 23.1 Å². The first-order chi connectivity index (χ1) is 18.4. The Hall–Kier alpha value is -4.30. The Bertz CT molecular complexity index is 1600. The topological polar surface area (TPSA) is 127 Å². The Morgan fingerprint density at radius 3 is 2.49 bits per heavy atom. The number of amides is 2. The molecule has 2 aromatic heterocycles. The standard InChI is InChI=1S/C24H19ClF3N5O5S/c1-29-23(34)33(22-7-6-16(13-30-22)39(35,36)32-21-8-9-38-31-21)19-11-17(18(25)12-20(19)37-2)14-4-3-5-15(10-14)24(26,27)28/h3-13H,1-2H3,(H,29,34)(H,31,32). The smallest absolute Gasteiger partial charge is 0.416 e. The lowest BCUT2D eigenvalue weighted by atomic mass is 10.0. The zero-order valence-electron chi connectivity index (χ0n) is 20.2. The van der Waals surface area contributed by atoms with Gasteiger partial charge in [0.25, 0.3) is 10.0 Å². The molecule has 0 spiro atoms. The number of sulfonamides is 1. The molecule has 39 heavy (non-hydrogen) atoms. The van der Waals surface area contributed by atoms with Crippen molar-refractivity contribution in [2.45, 2.75) is 11.1 Å². The SMILES string of the molecule is CNC(=O)N(c1ccc(S(=O)(=O)Nc2ccon2)cn1)c1cc(-c2cccc(C(F)(F)F)c2)c(Cl)cc1OC. The number of methoxy groups -OCH3 is 1. The maximum atomic E-state index is 13.3. The first-order valence-corrected chi connectivity index (χ1v) is 12.8. The fourth-order valence-electron chi connectivity index (χ4n) is 3.54. The molecule has 0 saturated carbocycles. The number of alkyl halides is 3. The van der Waals surface area contributed by atoms with Gasteiger partial charge in [0.05, 0.1) is 23.4 Å². The van der Waals surface area contributed by atoms with E-state index >= 15 is 0 Å². The summed E-state index contributed by atoms with van der Waals surface area (Å²) in [6.07, 6.45) is -2.38. The first kappa shape index (κ1) is 27.7.